The third kappa shape index (κ3) is 3.37. The van der Waals surface area contributed by atoms with Crippen LogP contribution >= 0.6 is 11.3 Å². The minimum Gasteiger partial charge on any atom is -0.496 e. The van der Waals surface area contributed by atoms with Gasteiger partial charge in [-0.3, -0.25) is 0 Å². The molecule has 0 bridgehead atoms. The highest BCUT2D eigenvalue weighted by Crippen LogP contribution is 2.51. The summed E-state index contributed by atoms with van der Waals surface area (Å²) in [6, 6.07) is 13.3. The first-order chi connectivity index (χ1) is 14.1. The van der Waals surface area contributed by atoms with Gasteiger partial charge in [-0.15, -0.1) is 11.3 Å². The van der Waals surface area contributed by atoms with Gasteiger partial charge in [0.2, 0.25) is 0 Å². The molecule has 2 N–H and O–H groups in total. The Hall–Kier alpha value is -2.56. The monoisotopic (exact) mass is 404 g/mol. The van der Waals surface area contributed by atoms with E-state index in [0.29, 0.717) is 5.92 Å². The van der Waals surface area contributed by atoms with Gasteiger partial charge in [0.1, 0.15) is 5.75 Å². The van der Waals surface area contributed by atoms with E-state index >= 15 is 0 Å². The predicted octanol–water partition coefficient (Wildman–Crippen LogP) is 6.51. The molecule has 0 saturated heterocycles. The Balaban J connectivity index is 1.89. The van der Waals surface area contributed by atoms with Crippen LogP contribution in [0.1, 0.15) is 35.3 Å². The third-order valence-electron chi connectivity index (χ3n) is 5.81. The van der Waals surface area contributed by atoms with Crippen molar-refractivity contribution >= 4 is 22.7 Å². The number of aryl methyl sites for hydroxylation is 1. The smallest absolute Gasteiger partial charge is 0.127 e. The van der Waals surface area contributed by atoms with Gasteiger partial charge in [0, 0.05) is 28.9 Å². The average Bonchev–Trinajstić information content (AvgIpc) is 3.23. The van der Waals surface area contributed by atoms with E-state index in [2.05, 4.69) is 72.8 Å². The number of likely N-dealkylation sites (N-methyl/N-ethyl adjacent to an activating group) is 1. The van der Waals surface area contributed by atoms with Crippen LogP contribution in [-0.4, -0.2) is 20.7 Å². The van der Waals surface area contributed by atoms with Crippen molar-refractivity contribution in [3.05, 3.63) is 64.4 Å². The van der Waals surface area contributed by atoms with Gasteiger partial charge in [-0.1, -0.05) is 37.8 Å². The number of methoxy groups -OCH3 is 1. The van der Waals surface area contributed by atoms with Gasteiger partial charge in [0.05, 0.1) is 17.7 Å². The van der Waals surface area contributed by atoms with E-state index in [1.165, 1.54) is 27.1 Å². The van der Waals surface area contributed by atoms with Gasteiger partial charge in [-0.05, 0) is 60.5 Å². The van der Waals surface area contributed by atoms with Crippen molar-refractivity contribution in [1.82, 2.24) is 5.32 Å². The van der Waals surface area contributed by atoms with Crippen LogP contribution in [0.4, 0.5) is 5.69 Å². The Morgan fingerprint density at radius 3 is 2.59 bits per heavy atom. The minimum atomic E-state index is 0.524. The van der Waals surface area contributed by atoms with Crippen LogP contribution in [0.25, 0.3) is 28.0 Å². The van der Waals surface area contributed by atoms with E-state index in [-0.39, 0.29) is 0 Å². The van der Waals surface area contributed by atoms with Crippen LogP contribution in [0.15, 0.2) is 48.4 Å². The molecule has 2 aromatic carbocycles. The lowest BCUT2D eigenvalue weighted by molar-refractivity contribution is 0.416. The number of rotatable bonds is 6. The summed E-state index contributed by atoms with van der Waals surface area (Å²) in [7, 11) is 3.77. The summed E-state index contributed by atoms with van der Waals surface area (Å²) in [4.78, 5) is 1.20. The standard InChI is InChI=1S/C25H28N2OS/c1-6-17(14-26-4)18-7-9-19(10-8-18)22-21(28-5)13-15(2)24-23(22)20-11-12-29-25(20)16(3)27-24/h7-13,17,26-27H,3,6,14H2,1-2,4-5H3/t17-/m0/s1. The van der Waals surface area contributed by atoms with E-state index in [1.54, 1.807) is 18.4 Å². The maximum absolute atomic E-state index is 5.85. The second-order valence-electron chi connectivity index (χ2n) is 7.57. The van der Waals surface area contributed by atoms with Crippen molar-refractivity contribution in [2.45, 2.75) is 26.2 Å². The molecular formula is C25H28N2OS. The van der Waals surface area contributed by atoms with Crippen molar-refractivity contribution in [2.75, 3.05) is 26.0 Å². The second-order valence-corrected chi connectivity index (χ2v) is 8.49. The Bertz CT molecular complexity index is 1050. The molecule has 0 saturated carbocycles. The maximum Gasteiger partial charge on any atom is 0.127 e. The highest BCUT2D eigenvalue weighted by Gasteiger charge is 2.27. The fourth-order valence-electron chi connectivity index (χ4n) is 4.28. The summed E-state index contributed by atoms with van der Waals surface area (Å²) in [6.45, 7) is 9.58. The Morgan fingerprint density at radius 2 is 1.93 bits per heavy atom. The van der Waals surface area contributed by atoms with Crippen molar-refractivity contribution in [3.8, 4) is 28.0 Å². The van der Waals surface area contributed by atoms with E-state index < -0.39 is 0 Å². The molecule has 1 atom stereocenters. The summed E-state index contributed by atoms with van der Waals surface area (Å²) in [5.74, 6) is 1.43. The number of thiophene rings is 1. The van der Waals surface area contributed by atoms with Crippen LogP contribution in [0, 0.1) is 6.92 Å². The maximum atomic E-state index is 5.85. The first-order valence-corrected chi connectivity index (χ1v) is 11.0. The van der Waals surface area contributed by atoms with Gasteiger partial charge >= 0.3 is 0 Å². The molecule has 0 aliphatic carbocycles. The summed E-state index contributed by atoms with van der Waals surface area (Å²) in [5, 5.41) is 8.98. The number of nitrogens with one attached hydrogen (secondary N) is 2. The zero-order valence-electron chi connectivity index (χ0n) is 17.6. The molecule has 1 aliphatic rings. The van der Waals surface area contributed by atoms with Crippen LogP contribution in [0.2, 0.25) is 0 Å². The van der Waals surface area contributed by atoms with Crippen molar-refractivity contribution in [1.29, 1.82) is 0 Å². The van der Waals surface area contributed by atoms with Gasteiger partial charge in [-0.25, -0.2) is 0 Å². The highest BCUT2D eigenvalue weighted by molar-refractivity contribution is 7.11. The summed E-state index contributed by atoms with van der Waals surface area (Å²) >= 11 is 1.73. The van der Waals surface area contributed by atoms with Gasteiger partial charge in [0.15, 0.2) is 0 Å². The molecule has 0 unspecified atom stereocenters. The molecule has 0 radical (unpaired) electrons. The molecule has 3 aromatic rings. The zero-order valence-corrected chi connectivity index (χ0v) is 18.4. The molecular weight excluding hydrogens is 376 g/mol. The fraction of sp³-hybridized carbons (Fsp3) is 0.280. The van der Waals surface area contributed by atoms with E-state index in [4.69, 9.17) is 4.74 Å². The predicted molar refractivity (Wildman–Crippen MR) is 126 cm³/mol. The molecule has 3 nitrogen and oxygen atoms in total. The molecule has 0 fully saturated rings. The van der Waals surface area contributed by atoms with Crippen molar-refractivity contribution in [3.63, 3.8) is 0 Å². The fourth-order valence-corrected chi connectivity index (χ4v) is 5.11. The SMILES string of the molecule is C=C1Nc2c(C)cc(OC)c(-c3ccc([C@@H](CC)CNC)cc3)c2-c2ccsc21. The van der Waals surface area contributed by atoms with Crippen LogP contribution in [-0.2, 0) is 0 Å². The first-order valence-electron chi connectivity index (χ1n) is 10.1. The van der Waals surface area contributed by atoms with Crippen LogP contribution in [0.5, 0.6) is 5.75 Å². The van der Waals surface area contributed by atoms with Crippen molar-refractivity contribution < 1.29 is 4.74 Å². The Kier molecular flexibility index (Phi) is 5.48. The summed E-state index contributed by atoms with van der Waals surface area (Å²) in [6.07, 6.45) is 1.12. The molecule has 1 aromatic heterocycles. The summed E-state index contributed by atoms with van der Waals surface area (Å²) < 4.78 is 5.85. The lowest BCUT2D eigenvalue weighted by Crippen LogP contribution is -2.16. The van der Waals surface area contributed by atoms with E-state index in [0.717, 1.165) is 41.2 Å². The highest BCUT2D eigenvalue weighted by atomic mass is 32.1. The lowest BCUT2D eigenvalue weighted by Gasteiger charge is -2.27. The number of ether oxygens (including phenoxy) is 1. The van der Waals surface area contributed by atoms with E-state index in [1.807, 2.05) is 7.05 Å². The van der Waals surface area contributed by atoms with Crippen molar-refractivity contribution in [2.24, 2.45) is 0 Å². The van der Waals surface area contributed by atoms with Crippen LogP contribution < -0.4 is 15.4 Å². The largest absolute Gasteiger partial charge is 0.496 e. The first kappa shape index (κ1) is 19.7. The Morgan fingerprint density at radius 1 is 1.17 bits per heavy atom. The number of benzene rings is 2. The topological polar surface area (TPSA) is 33.3 Å². The number of fused-ring (bicyclic) bond motifs is 3. The van der Waals surface area contributed by atoms with Gasteiger partial charge in [0.25, 0.3) is 0 Å². The third-order valence-corrected chi connectivity index (χ3v) is 6.78. The lowest BCUT2D eigenvalue weighted by atomic mass is 9.87. The molecule has 1 aliphatic heterocycles. The van der Waals surface area contributed by atoms with Gasteiger partial charge in [-0.2, -0.15) is 0 Å². The Labute approximate surface area is 177 Å². The quantitative estimate of drug-likeness (QED) is 0.491. The molecule has 4 heteroatoms. The molecule has 150 valence electrons. The van der Waals surface area contributed by atoms with Crippen LogP contribution in [0.3, 0.4) is 0 Å². The minimum absolute atomic E-state index is 0.524. The normalized spacial score (nSPS) is 13.4. The number of hydrogen-bond acceptors (Lipinski definition) is 4. The second kappa shape index (κ2) is 8.05. The van der Waals surface area contributed by atoms with Gasteiger partial charge < -0.3 is 15.4 Å². The zero-order chi connectivity index (χ0) is 20.5. The number of anilines is 1. The van der Waals surface area contributed by atoms with E-state index in [9.17, 15) is 0 Å². The molecule has 4 rings (SSSR count). The average molecular weight is 405 g/mol. The molecule has 2 heterocycles. The summed E-state index contributed by atoms with van der Waals surface area (Å²) in [5.41, 5.74) is 9.38. The molecule has 29 heavy (non-hydrogen) atoms. The number of hydrogen-bond donors (Lipinski definition) is 2. The molecule has 0 amide bonds. The molecule has 0 spiro atoms.